The van der Waals surface area contributed by atoms with E-state index in [0.29, 0.717) is 25.3 Å². The van der Waals surface area contributed by atoms with E-state index in [-0.39, 0.29) is 17.1 Å². The van der Waals surface area contributed by atoms with E-state index in [4.69, 9.17) is 4.74 Å². The van der Waals surface area contributed by atoms with Crippen LogP contribution in [0.25, 0.3) is 0 Å². The van der Waals surface area contributed by atoms with Crippen LogP contribution in [0.4, 0.5) is 0 Å². The van der Waals surface area contributed by atoms with Crippen molar-refractivity contribution in [3.05, 3.63) is 30.3 Å². The number of hydrogen-bond acceptors (Lipinski definition) is 5. The Balaban J connectivity index is 2.07. The number of ether oxygens (including phenoxy) is 2. The van der Waals surface area contributed by atoms with Crippen LogP contribution in [-0.2, 0) is 14.3 Å². The predicted octanol–water partition coefficient (Wildman–Crippen LogP) is 1.87. The molecule has 0 aromatic heterocycles. The van der Waals surface area contributed by atoms with Crippen LogP contribution in [0.15, 0.2) is 30.3 Å². The number of carbonyl (C=O) groups excluding carboxylic acids is 2. The van der Waals surface area contributed by atoms with Gasteiger partial charge in [-0.3, -0.25) is 9.59 Å². The quantitative estimate of drug-likeness (QED) is 0.557. The lowest BCUT2D eigenvalue weighted by Crippen LogP contribution is -2.30. The highest BCUT2D eigenvalue weighted by molar-refractivity contribution is 8.00. The van der Waals surface area contributed by atoms with Crippen LogP contribution in [0.2, 0.25) is 0 Å². The van der Waals surface area contributed by atoms with E-state index in [1.807, 2.05) is 37.3 Å². The number of nitrogens with one attached hydrogen (secondary N) is 1. The number of para-hydroxylation sites is 1. The molecule has 0 bridgehead atoms. The third-order valence-electron chi connectivity index (χ3n) is 2.62. The molecular weight excluding hydrogens is 290 g/mol. The van der Waals surface area contributed by atoms with Crippen LogP contribution in [0, 0.1) is 0 Å². The second-order valence-corrected chi connectivity index (χ2v) is 5.84. The lowest BCUT2D eigenvalue weighted by Gasteiger charge is -2.10. The number of methoxy groups -OCH3 is 1. The molecule has 6 heteroatoms. The standard InChI is InChI=1S/C15H21NO4S/c1-12(10-15(18)19-2)21-11-14(17)16-8-9-20-13-6-4-3-5-7-13/h3-7,12H,8-11H2,1-2H3,(H,16,17). The molecule has 0 aliphatic rings. The van der Waals surface area contributed by atoms with Gasteiger partial charge < -0.3 is 14.8 Å². The molecule has 0 radical (unpaired) electrons. The maximum atomic E-state index is 11.6. The van der Waals surface area contributed by atoms with Crippen LogP contribution in [0.1, 0.15) is 13.3 Å². The summed E-state index contributed by atoms with van der Waals surface area (Å²) in [7, 11) is 1.36. The molecule has 5 nitrogen and oxygen atoms in total. The second kappa shape index (κ2) is 10.1. The second-order valence-electron chi connectivity index (χ2n) is 4.41. The Morgan fingerprint density at radius 3 is 2.67 bits per heavy atom. The highest BCUT2D eigenvalue weighted by atomic mass is 32.2. The Hall–Kier alpha value is -1.69. The van der Waals surface area contributed by atoms with Gasteiger partial charge in [-0.25, -0.2) is 0 Å². The third kappa shape index (κ3) is 8.24. The van der Waals surface area contributed by atoms with Gasteiger partial charge in [0.25, 0.3) is 0 Å². The molecule has 1 atom stereocenters. The molecule has 21 heavy (non-hydrogen) atoms. The lowest BCUT2D eigenvalue weighted by molar-refractivity contribution is -0.140. The molecule has 0 saturated heterocycles. The number of benzene rings is 1. The third-order valence-corrected chi connectivity index (χ3v) is 3.78. The summed E-state index contributed by atoms with van der Waals surface area (Å²) in [5, 5.41) is 2.83. The van der Waals surface area contributed by atoms with Crippen molar-refractivity contribution in [1.29, 1.82) is 0 Å². The summed E-state index contributed by atoms with van der Waals surface area (Å²) in [5.74, 6) is 0.789. The zero-order valence-electron chi connectivity index (χ0n) is 12.3. The van der Waals surface area contributed by atoms with Crippen LogP contribution in [-0.4, -0.2) is 43.1 Å². The first-order chi connectivity index (χ1) is 10.1. The number of rotatable bonds is 9. The van der Waals surface area contributed by atoms with E-state index >= 15 is 0 Å². The summed E-state index contributed by atoms with van der Waals surface area (Å²) in [4.78, 5) is 22.7. The summed E-state index contributed by atoms with van der Waals surface area (Å²) < 4.78 is 10.0. The molecule has 0 aliphatic carbocycles. The van der Waals surface area contributed by atoms with Crippen molar-refractivity contribution in [2.24, 2.45) is 0 Å². The molecule has 1 aromatic rings. The fraction of sp³-hybridized carbons (Fsp3) is 0.467. The molecule has 0 heterocycles. The van der Waals surface area contributed by atoms with Crippen molar-refractivity contribution in [3.8, 4) is 5.75 Å². The van der Waals surface area contributed by atoms with Crippen LogP contribution < -0.4 is 10.1 Å². The molecular formula is C15H21NO4S. The molecule has 0 fully saturated rings. The number of amides is 1. The van der Waals surface area contributed by atoms with Crippen LogP contribution in [0.5, 0.6) is 5.75 Å². The van der Waals surface area contributed by atoms with Gasteiger partial charge in [-0.15, -0.1) is 11.8 Å². The molecule has 0 spiro atoms. The molecule has 1 aromatic carbocycles. The van der Waals surface area contributed by atoms with Gasteiger partial charge >= 0.3 is 5.97 Å². The van der Waals surface area contributed by atoms with Gasteiger partial charge in [0.2, 0.25) is 5.91 Å². The minimum Gasteiger partial charge on any atom is -0.492 e. The molecule has 1 amide bonds. The van der Waals surface area contributed by atoms with E-state index in [9.17, 15) is 9.59 Å². The summed E-state index contributed by atoms with van der Waals surface area (Å²) >= 11 is 1.43. The van der Waals surface area contributed by atoms with Gasteiger partial charge in [-0.1, -0.05) is 25.1 Å². The van der Waals surface area contributed by atoms with Crippen molar-refractivity contribution in [1.82, 2.24) is 5.32 Å². The largest absolute Gasteiger partial charge is 0.492 e. The molecule has 1 N–H and O–H groups in total. The van der Waals surface area contributed by atoms with Crippen molar-refractivity contribution >= 4 is 23.6 Å². The predicted molar refractivity (Wildman–Crippen MR) is 83.5 cm³/mol. The Bertz CT molecular complexity index is 439. The van der Waals surface area contributed by atoms with E-state index < -0.39 is 0 Å². The highest BCUT2D eigenvalue weighted by Crippen LogP contribution is 2.14. The van der Waals surface area contributed by atoms with Crippen molar-refractivity contribution in [2.45, 2.75) is 18.6 Å². The van der Waals surface area contributed by atoms with Gasteiger partial charge in [-0.2, -0.15) is 0 Å². The SMILES string of the molecule is COC(=O)CC(C)SCC(=O)NCCOc1ccccc1. The summed E-state index contributed by atoms with van der Waals surface area (Å²) in [5.41, 5.74) is 0. The number of hydrogen-bond donors (Lipinski definition) is 1. The Kier molecular flexibility index (Phi) is 8.35. The first-order valence-corrected chi connectivity index (χ1v) is 7.79. The first kappa shape index (κ1) is 17.4. The van der Waals surface area contributed by atoms with E-state index in [1.54, 1.807) is 0 Å². The van der Waals surface area contributed by atoms with E-state index in [2.05, 4.69) is 10.1 Å². The lowest BCUT2D eigenvalue weighted by atomic mass is 10.3. The summed E-state index contributed by atoms with van der Waals surface area (Å²) in [6.45, 7) is 2.78. The van der Waals surface area contributed by atoms with E-state index in [1.165, 1.54) is 18.9 Å². The molecule has 0 aliphatic heterocycles. The monoisotopic (exact) mass is 311 g/mol. The minimum absolute atomic E-state index is 0.0590. The fourth-order valence-corrected chi connectivity index (χ4v) is 2.31. The average molecular weight is 311 g/mol. The van der Waals surface area contributed by atoms with Crippen LogP contribution >= 0.6 is 11.8 Å². The molecule has 0 saturated carbocycles. The minimum atomic E-state index is -0.258. The molecule has 1 unspecified atom stereocenters. The van der Waals surface area contributed by atoms with Gasteiger partial charge in [-0.05, 0) is 12.1 Å². The van der Waals surface area contributed by atoms with Crippen molar-refractivity contribution in [3.63, 3.8) is 0 Å². The van der Waals surface area contributed by atoms with Crippen molar-refractivity contribution in [2.75, 3.05) is 26.0 Å². The number of thioether (sulfide) groups is 1. The van der Waals surface area contributed by atoms with Crippen molar-refractivity contribution < 1.29 is 19.1 Å². The van der Waals surface area contributed by atoms with E-state index in [0.717, 1.165) is 5.75 Å². The van der Waals surface area contributed by atoms with Gasteiger partial charge in [0.05, 0.1) is 25.8 Å². The smallest absolute Gasteiger partial charge is 0.306 e. The molecule has 1 rings (SSSR count). The maximum absolute atomic E-state index is 11.6. The fourth-order valence-electron chi connectivity index (χ4n) is 1.52. The maximum Gasteiger partial charge on any atom is 0.306 e. The Labute approximate surface area is 129 Å². The van der Waals surface area contributed by atoms with Gasteiger partial charge in [0, 0.05) is 5.25 Å². The molecule has 116 valence electrons. The Morgan fingerprint density at radius 1 is 1.29 bits per heavy atom. The zero-order valence-corrected chi connectivity index (χ0v) is 13.2. The summed E-state index contributed by atoms with van der Waals surface area (Å²) in [6.07, 6.45) is 0.311. The highest BCUT2D eigenvalue weighted by Gasteiger charge is 2.11. The number of esters is 1. The Morgan fingerprint density at radius 2 is 2.00 bits per heavy atom. The van der Waals surface area contributed by atoms with Gasteiger partial charge in [0.1, 0.15) is 12.4 Å². The topological polar surface area (TPSA) is 64.6 Å². The first-order valence-electron chi connectivity index (χ1n) is 6.74. The van der Waals surface area contributed by atoms with Gasteiger partial charge in [0.15, 0.2) is 0 Å². The average Bonchev–Trinajstić information content (AvgIpc) is 2.50. The van der Waals surface area contributed by atoms with Crippen LogP contribution in [0.3, 0.4) is 0 Å². The zero-order chi connectivity index (χ0) is 15.5. The summed E-state index contributed by atoms with van der Waals surface area (Å²) in [6, 6.07) is 9.44. The normalized spacial score (nSPS) is 11.5. The number of carbonyl (C=O) groups is 2.